The molecular formula is C14H20N2O. The van der Waals surface area contributed by atoms with Crippen molar-refractivity contribution in [2.45, 2.75) is 39.7 Å². The second-order valence-electron chi connectivity index (χ2n) is 5.10. The Morgan fingerprint density at radius 2 is 1.82 bits per heavy atom. The first-order chi connectivity index (χ1) is 8.04. The summed E-state index contributed by atoms with van der Waals surface area (Å²) < 4.78 is 0. The quantitative estimate of drug-likeness (QED) is 0.825. The van der Waals surface area contributed by atoms with Gasteiger partial charge in [-0.3, -0.25) is 0 Å². The van der Waals surface area contributed by atoms with E-state index < -0.39 is 0 Å². The normalized spacial score (nSPS) is 16.4. The minimum Gasteiger partial charge on any atom is -0.335 e. The Kier molecular flexibility index (Phi) is 3.36. The van der Waals surface area contributed by atoms with Crippen molar-refractivity contribution >= 4 is 11.7 Å². The Bertz CT molecular complexity index is 404. The number of nitrogens with one attached hydrogen (secondary N) is 2. The molecule has 1 unspecified atom stereocenters. The van der Waals surface area contributed by atoms with Gasteiger partial charge in [-0.1, -0.05) is 6.07 Å². The third kappa shape index (κ3) is 3.48. The number of carbonyl (C=O) groups excluding carboxylic acids is 1. The van der Waals surface area contributed by atoms with Gasteiger partial charge in [-0.05, 0) is 62.8 Å². The summed E-state index contributed by atoms with van der Waals surface area (Å²) in [6.07, 6.45) is 2.48. The maximum atomic E-state index is 11.8. The molecule has 0 bridgehead atoms. The number of aryl methyl sites for hydroxylation is 2. The van der Waals surface area contributed by atoms with Gasteiger partial charge < -0.3 is 10.6 Å². The van der Waals surface area contributed by atoms with Crippen LogP contribution in [-0.2, 0) is 0 Å². The number of urea groups is 1. The van der Waals surface area contributed by atoms with Crippen LogP contribution < -0.4 is 10.6 Å². The van der Waals surface area contributed by atoms with Gasteiger partial charge in [-0.2, -0.15) is 0 Å². The molecule has 3 nitrogen and oxygen atoms in total. The number of rotatable bonds is 3. The van der Waals surface area contributed by atoms with Crippen molar-refractivity contribution in [2.24, 2.45) is 5.92 Å². The van der Waals surface area contributed by atoms with Gasteiger partial charge >= 0.3 is 6.03 Å². The van der Waals surface area contributed by atoms with Crippen molar-refractivity contribution in [3.05, 3.63) is 29.3 Å². The summed E-state index contributed by atoms with van der Waals surface area (Å²) in [4.78, 5) is 11.8. The average Bonchev–Trinajstić information content (AvgIpc) is 2.97. The van der Waals surface area contributed by atoms with Gasteiger partial charge in [-0.25, -0.2) is 4.79 Å². The molecule has 1 aromatic rings. The van der Waals surface area contributed by atoms with Crippen LogP contribution in [0.1, 0.15) is 30.9 Å². The van der Waals surface area contributed by atoms with E-state index in [0.717, 1.165) is 16.8 Å². The molecule has 2 N–H and O–H groups in total. The van der Waals surface area contributed by atoms with Crippen molar-refractivity contribution in [3.8, 4) is 0 Å². The van der Waals surface area contributed by atoms with Crippen LogP contribution in [0.4, 0.5) is 10.5 Å². The van der Waals surface area contributed by atoms with E-state index in [9.17, 15) is 4.79 Å². The topological polar surface area (TPSA) is 41.1 Å². The van der Waals surface area contributed by atoms with Crippen molar-refractivity contribution in [3.63, 3.8) is 0 Å². The van der Waals surface area contributed by atoms with E-state index in [0.29, 0.717) is 5.92 Å². The summed E-state index contributed by atoms with van der Waals surface area (Å²) in [6, 6.07) is 6.23. The number of benzene rings is 1. The number of anilines is 1. The summed E-state index contributed by atoms with van der Waals surface area (Å²) in [5, 5.41) is 5.87. The average molecular weight is 232 g/mol. The van der Waals surface area contributed by atoms with E-state index in [4.69, 9.17) is 0 Å². The highest BCUT2D eigenvalue weighted by molar-refractivity contribution is 5.89. The molecule has 1 aromatic carbocycles. The van der Waals surface area contributed by atoms with Gasteiger partial charge in [0.1, 0.15) is 0 Å². The standard InChI is InChI=1S/C14H20N2O/c1-9-6-10(2)8-13(7-9)16-14(17)15-11(3)12-4-5-12/h6-8,11-12H,4-5H2,1-3H3,(H2,15,16,17). The Morgan fingerprint density at radius 3 is 2.35 bits per heavy atom. The molecular weight excluding hydrogens is 212 g/mol. The van der Waals surface area contributed by atoms with Crippen molar-refractivity contribution in [2.75, 3.05) is 5.32 Å². The van der Waals surface area contributed by atoms with Crippen molar-refractivity contribution < 1.29 is 4.79 Å². The van der Waals surface area contributed by atoms with Crippen molar-refractivity contribution in [1.82, 2.24) is 5.32 Å². The molecule has 2 amide bonds. The fourth-order valence-electron chi connectivity index (χ4n) is 2.13. The largest absolute Gasteiger partial charge is 0.335 e. The molecule has 1 fully saturated rings. The van der Waals surface area contributed by atoms with E-state index in [2.05, 4.69) is 23.6 Å². The molecule has 3 heteroatoms. The number of hydrogen-bond acceptors (Lipinski definition) is 1. The summed E-state index contributed by atoms with van der Waals surface area (Å²) in [5.74, 6) is 0.681. The molecule has 17 heavy (non-hydrogen) atoms. The molecule has 0 spiro atoms. The first-order valence-electron chi connectivity index (χ1n) is 6.20. The number of hydrogen-bond donors (Lipinski definition) is 2. The Balaban J connectivity index is 1.92. The molecule has 0 heterocycles. The van der Waals surface area contributed by atoms with Gasteiger partial charge in [-0.15, -0.1) is 0 Å². The first-order valence-corrected chi connectivity index (χ1v) is 6.20. The highest BCUT2D eigenvalue weighted by Gasteiger charge is 2.28. The molecule has 0 saturated heterocycles. The number of carbonyl (C=O) groups is 1. The molecule has 0 radical (unpaired) electrons. The third-order valence-corrected chi connectivity index (χ3v) is 3.17. The lowest BCUT2D eigenvalue weighted by Gasteiger charge is -2.14. The molecule has 1 atom stereocenters. The Hall–Kier alpha value is -1.51. The summed E-state index contributed by atoms with van der Waals surface area (Å²) >= 11 is 0. The molecule has 92 valence electrons. The smallest absolute Gasteiger partial charge is 0.319 e. The fraction of sp³-hybridized carbons (Fsp3) is 0.500. The molecule has 1 saturated carbocycles. The lowest BCUT2D eigenvalue weighted by atomic mass is 10.1. The second-order valence-corrected chi connectivity index (χ2v) is 5.10. The van der Waals surface area contributed by atoms with Gasteiger partial charge in [0.2, 0.25) is 0 Å². The van der Waals surface area contributed by atoms with Crippen LogP contribution in [0.25, 0.3) is 0 Å². The van der Waals surface area contributed by atoms with Gasteiger partial charge in [0.15, 0.2) is 0 Å². The summed E-state index contributed by atoms with van der Waals surface area (Å²) in [6.45, 7) is 6.13. The number of amides is 2. The van der Waals surface area contributed by atoms with Gasteiger partial charge in [0.25, 0.3) is 0 Å². The second kappa shape index (κ2) is 4.78. The maximum Gasteiger partial charge on any atom is 0.319 e. The van der Waals surface area contributed by atoms with Gasteiger partial charge in [0, 0.05) is 11.7 Å². The van der Waals surface area contributed by atoms with Crippen LogP contribution in [0.3, 0.4) is 0 Å². The Morgan fingerprint density at radius 1 is 1.24 bits per heavy atom. The third-order valence-electron chi connectivity index (χ3n) is 3.17. The minimum absolute atomic E-state index is 0.102. The maximum absolute atomic E-state index is 11.8. The fourth-order valence-corrected chi connectivity index (χ4v) is 2.13. The zero-order valence-corrected chi connectivity index (χ0v) is 10.7. The molecule has 0 aromatic heterocycles. The Labute approximate surface area is 103 Å². The predicted molar refractivity (Wildman–Crippen MR) is 70.3 cm³/mol. The van der Waals surface area contributed by atoms with Crippen LogP contribution in [0, 0.1) is 19.8 Å². The van der Waals surface area contributed by atoms with Crippen molar-refractivity contribution in [1.29, 1.82) is 0 Å². The highest BCUT2D eigenvalue weighted by Crippen LogP contribution is 2.32. The van der Waals surface area contributed by atoms with Crippen LogP contribution >= 0.6 is 0 Å². The summed E-state index contributed by atoms with van der Waals surface area (Å²) in [7, 11) is 0. The zero-order valence-electron chi connectivity index (χ0n) is 10.7. The molecule has 2 rings (SSSR count). The zero-order chi connectivity index (χ0) is 12.4. The van der Waals surface area contributed by atoms with Crippen LogP contribution in [-0.4, -0.2) is 12.1 Å². The monoisotopic (exact) mass is 232 g/mol. The predicted octanol–water partition coefficient (Wildman–Crippen LogP) is 3.22. The van der Waals surface area contributed by atoms with E-state index in [1.54, 1.807) is 0 Å². The SMILES string of the molecule is Cc1cc(C)cc(NC(=O)NC(C)C2CC2)c1. The van der Waals surface area contributed by atoms with Crippen LogP contribution in [0.5, 0.6) is 0 Å². The van der Waals surface area contributed by atoms with E-state index in [-0.39, 0.29) is 12.1 Å². The molecule has 1 aliphatic rings. The molecule has 1 aliphatic carbocycles. The van der Waals surface area contributed by atoms with Crippen LogP contribution in [0.2, 0.25) is 0 Å². The van der Waals surface area contributed by atoms with E-state index in [1.165, 1.54) is 12.8 Å². The lowest BCUT2D eigenvalue weighted by Crippen LogP contribution is -2.37. The summed E-state index contributed by atoms with van der Waals surface area (Å²) in [5.41, 5.74) is 3.19. The van der Waals surface area contributed by atoms with Crippen LogP contribution in [0.15, 0.2) is 18.2 Å². The van der Waals surface area contributed by atoms with Gasteiger partial charge in [0.05, 0.1) is 0 Å². The molecule has 0 aliphatic heterocycles. The first kappa shape index (κ1) is 12.0. The van der Waals surface area contributed by atoms with E-state index >= 15 is 0 Å². The lowest BCUT2D eigenvalue weighted by molar-refractivity contribution is 0.248. The minimum atomic E-state index is -0.102. The highest BCUT2D eigenvalue weighted by atomic mass is 16.2. The van der Waals surface area contributed by atoms with E-state index in [1.807, 2.05) is 26.0 Å².